The lowest BCUT2D eigenvalue weighted by Gasteiger charge is -2.25. The molecule has 6 nitrogen and oxygen atoms in total. The van der Waals surface area contributed by atoms with E-state index in [2.05, 4.69) is 45.3 Å². The Balaban J connectivity index is -0.000000219. The van der Waals surface area contributed by atoms with Gasteiger partial charge < -0.3 is 10.1 Å². The lowest BCUT2D eigenvalue weighted by atomic mass is 10.0. The molecule has 0 aromatic rings. The second-order valence-electron chi connectivity index (χ2n) is 7.92. The van der Waals surface area contributed by atoms with Gasteiger partial charge in [0, 0.05) is 26.0 Å². The third-order valence-corrected chi connectivity index (χ3v) is 3.53. The van der Waals surface area contributed by atoms with Gasteiger partial charge in [-0.3, -0.25) is 19.7 Å². The largest absolute Gasteiger partial charge is 0.376 e. The summed E-state index contributed by atoms with van der Waals surface area (Å²) in [6.07, 6.45) is 4.21. The number of nitrogens with one attached hydrogen (secondary N) is 2. The van der Waals surface area contributed by atoms with Gasteiger partial charge in [0.1, 0.15) is 0 Å². The second kappa shape index (κ2) is 25.6. The molecule has 0 aliphatic rings. The molecule has 0 aliphatic heterocycles. The molecule has 0 bridgehead atoms. The van der Waals surface area contributed by atoms with Crippen molar-refractivity contribution in [2.75, 3.05) is 13.2 Å². The van der Waals surface area contributed by atoms with Crippen LogP contribution in [-0.4, -0.2) is 37.0 Å². The SMILES string of the molecule is CC.CC.CC(C)CC(=O)NC=O.CCCNC(=O)CCC(C)(C)OCCC(C)C. The number of amides is 3. The molecule has 0 atom stereocenters. The first-order valence-corrected chi connectivity index (χ1v) is 11.7. The molecule has 0 radical (unpaired) electrons. The molecule has 0 aromatic carbocycles. The molecule has 0 unspecified atom stereocenters. The molecule has 0 fully saturated rings. The van der Waals surface area contributed by atoms with Crippen molar-refractivity contribution in [1.82, 2.24) is 10.6 Å². The van der Waals surface area contributed by atoms with Crippen LogP contribution in [0.5, 0.6) is 0 Å². The maximum absolute atomic E-state index is 11.5. The molecule has 0 aliphatic carbocycles. The van der Waals surface area contributed by atoms with Crippen molar-refractivity contribution in [2.45, 2.75) is 114 Å². The number of rotatable bonds is 12. The molecule has 6 heteroatoms. The standard InChI is InChI=1S/C14H29NO2.C6H11NO2.2C2H6/c1-6-10-15-13(16)7-9-14(4,5)17-11-8-12(2)3;1-5(2)3-6(9)7-4-8;2*1-2/h12H,6-11H2,1-5H3,(H,15,16);4-5H,3H2,1-2H3,(H,7,8,9);2*1-2H3. The first-order chi connectivity index (χ1) is 14.0. The van der Waals surface area contributed by atoms with E-state index in [1.165, 1.54) is 0 Å². The normalized spacial score (nSPS) is 9.90. The zero-order valence-electron chi connectivity index (χ0n) is 21.8. The van der Waals surface area contributed by atoms with Crippen molar-refractivity contribution < 1.29 is 19.1 Å². The third kappa shape index (κ3) is 34.1. The first-order valence-electron chi connectivity index (χ1n) is 11.7. The van der Waals surface area contributed by atoms with Crippen molar-refractivity contribution >= 4 is 18.2 Å². The average molecular weight is 433 g/mol. The summed E-state index contributed by atoms with van der Waals surface area (Å²) in [5.74, 6) is 0.899. The van der Waals surface area contributed by atoms with Crippen LogP contribution < -0.4 is 10.6 Å². The fourth-order valence-corrected chi connectivity index (χ4v) is 1.91. The van der Waals surface area contributed by atoms with E-state index in [0.717, 1.165) is 32.4 Å². The van der Waals surface area contributed by atoms with Crippen LogP contribution in [0.25, 0.3) is 0 Å². The third-order valence-electron chi connectivity index (χ3n) is 3.53. The Morgan fingerprint density at radius 2 is 1.50 bits per heavy atom. The molecule has 3 amide bonds. The highest BCUT2D eigenvalue weighted by molar-refractivity contribution is 5.85. The van der Waals surface area contributed by atoms with Crippen LogP contribution in [-0.2, 0) is 19.1 Å². The molecule has 0 spiro atoms. The van der Waals surface area contributed by atoms with E-state index in [0.29, 0.717) is 31.1 Å². The lowest BCUT2D eigenvalue weighted by molar-refractivity contribution is -0.126. The fraction of sp³-hybridized carbons (Fsp3) is 0.875. The monoisotopic (exact) mass is 432 g/mol. The van der Waals surface area contributed by atoms with Crippen LogP contribution in [0.3, 0.4) is 0 Å². The topological polar surface area (TPSA) is 84.5 Å². The van der Waals surface area contributed by atoms with E-state index in [4.69, 9.17) is 4.74 Å². The number of carbonyl (C=O) groups is 3. The Morgan fingerprint density at radius 3 is 1.90 bits per heavy atom. The van der Waals surface area contributed by atoms with E-state index in [1.807, 2.05) is 41.5 Å². The molecule has 0 saturated heterocycles. The van der Waals surface area contributed by atoms with Crippen molar-refractivity contribution in [2.24, 2.45) is 11.8 Å². The summed E-state index contributed by atoms with van der Waals surface area (Å²) in [4.78, 5) is 31.6. The summed E-state index contributed by atoms with van der Waals surface area (Å²) < 4.78 is 5.82. The highest BCUT2D eigenvalue weighted by Gasteiger charge is 2.19. The number of imide groups is 1. The molecule has 182 valence electrons. The quantitative estimate of drug-likeness (QED) is 0.399. The minimum atomic E-state index is -0.208. The Hall–Kier alpha value is -1.43. The van der Waals surface area contributed by atoms with E-state index < -0.39 is 0 Å². The van der Waals surface area contributed by atoms with Crippen molar-refractivity contribution in [3.8, 4) is 0 Å². The highest BCUT2D eigenvalue weighted by atomic mass is 16.5. The van der Waals surface area contributed by atoms with Gasteiger partial charge in [0.2, 0.25) is 18.2 Å². The van der Waals surface area contributed by atoms with Crippen molar-refractivity contribution in [3.05, 3.63) is 0 Å². The Kier molecular flexibility index (Phi) is 30.7. The number of hydrogen-bond donors (Lipinski definition) is 2. The Bertz CT molecular complexity index is 395. The summed E-state index contributed by atoms with van der Waals surface area (Å²) in [5.41, 5.74) is -0.196. The van der Waals surface area contributed by atoms with Gasteiger partial charge in [-0.25, -0.2) is 0 Å². The summed E-state index contributed by atoms with van der Waals surface area (Å²) >= 11 is 0. The summed E-state index contributed by atoms with van der Waals surface area (Å²) in [6, 6.07) is 0. The Morgan fingerprint density at radius 1 is 0.967 bits per heavy atom. The number of hydrogen-bond acceptors (Lipinski definition) is 4. The maximum atomic E-state index is 11.5. The Labute approximate surface area is 187 Å². The van der Waals surface area contributed by atoms with Gasteiger partial charge in [0.05, 0.1) is 5.60 Å². The summed E-state index contributed by atoms with van der Waals surface area (Å²) in [7, 11) is 0. The molecule has 0 rings (SSSR count). The predicted octanol–water partition coefficient (Wildman–Crippen LogP) is 5.49. The predicted molar refractivity (Wildman–Crippen MR) is 128 cm³/mol. The van der Waals surface area contributed by atoms with E-state index in [1.54, 1.807) is 0 Å². The van der Waals surface area contributed by atoms with Crippen molar-refractivity contribution in [1.29, 1.82) is 0 Å². The molecule has 0 saturated carbocycles. The number of ether oxygens (including phenoxy) is 1. The second-order valence-corrected chi connectivity index (χ2v) is 7.92. The van der Waals surface area contributed by atoms with E-state index >= 15 is 0 Å². The minimum Gasteiger partial charge on any atom is -0.376 e. The molecule has 30 heavy (non-hydrogen) atoms. The highest BCUT2D eigenvalue weighted by Crippen LogP contribution is 2.17. The van der Waals surface area contributed by atoms with Crippen LogP contribution in [0.1, 0.15) is 108 Å². The molecule has 2 N–H and O–H groups in total. The van der Waals surface area contributed by atoms with Crippen LogP contribution in [0.2, 0.25) is 0 Å². The first kappa shape index (κ1) is 36.0. The fourth-order valence-electron chi connectivity index (χ4n) is 1.91. The zero-order valence-corrected chi connectivity index (χ0v) is 21.8. The lowest BCUT2D eigenvalue weighted by Crippen LogP contribution is -2.30. The van der Waals surface area contributed by atoms with Crippen LogP contribution in [0.15, 0.2) is 0 Å². The zero-order chi connectivity index (χ0) is 24.6. The van der Waals surface area contributed by atoms with Crippen LogP contribution in [0, 0.1) is 11.8 Å². The van der Waals surface area contributed by atoms with Gasteiger partial charge in [-0.15, -0.1) is 0 Å². The van der Waals surface area contributed by atoms with Gasteiger partial charge in [-0.05, 0) is 44.9 Å². The van der Waals surface area contributed by atoms with E-state index in [-0.39, 0.29) is 17.4 Å². The van der Waals surface area contributed by atoms with Gasteiger partial charge >= 0.3 is 0 Å². The van der Waals surface area contributed by atoms with Crippen LogP contribution >= 0.6 is 0 Å². The summed E-state index contributed by atoms with van der Waals surface area (Å²) in [5, 5.41) is 4.94. The maximum Gasteiger partial charge on any atom is 0.226 e. The van der Waals surface area contributed by atoms with Gasteiger partial charge in [-0.2, -0.15) is 0 Å². The van der Waals surface area contributed by atoms with E-state index in [9.17, 15) is 14.4 Å². The average Bonchev–Trinajstić information content (AvgIpc) is 2.67. The van der Waals surface area contributed by atoms with Crippen LogP contribution in [0.4, 0.5) is 0 Å². The minimum absolute atomic E-state index is 0.132. The molecular weight excluding hydrogens is 380 g/mol. The van der Waals surface area contributed by atoms with Gasteiger partial charge in [0.15, 0.2) is 0 Å². The molecule has 0 heterocycles. The molecular formula is C24H52N2O4. The van der Waals surface area contributed by atoms with Crippen molar-refractivity contribution in [3.63, 3.8) is 0 Å². The smallest absolute Gasteiger partial charge is 0.226 e. The number of carbonyl (C=O) groups excluding carboxylic acids is 3. The molecule has 0 aromatic heterocycles. The van der Waals surface area contributed by atoms with Gasteiger partial charge in [-0.1, -0.05) is 62.3 Å². The summed E-state index contributed by atoms with van der Waals surface area (Å²) in [6.45, 7) is 23.9. The van der Waals surface area contributed by atoms with Gasteiger partial charge in [0.25, 0.3) is 0 Å².